The average Bonchev–Trinajstić information content (AvgIpc) is 2.53. The van der Waals surface area contributed by atoms with Crippen LogP contribution in [-0.4, -0.2) is 20.7 Å². The third-order valence-electron chi connectivity index (χ3n) is 1.56. The molecule has 0 fully saturated rings. The van der Waals surface area contributed by atoms with E-state index < -0.39 is 6.10 Å². The van der Waals surface area contributed by atoms with Crippen LogP contribution >= 0.6 is 11.5 Å². The monoisotopic (exact) mass is 173 g/mol. The summed E-state index contributed by atoms with van der Waals surface area (Å²) in [4.78, 5) is 0. The average molecular weight is 173 g/mol. The molecule has 1 heterocycles. The van der Waals surface area contributed by atoms with Crippen molar-refractivity contribution in [2.75, 3.05) is 0 Å². The minimum absolute atomic E-state index is 0.237. The third kappa shape index (κ3) is 1.95. The van der Waals surface area contributed by atoms with Crippen molar-refractivity contribution in [2.45, 2.75) is 25.5 Å². The zero-order valence-corrected chi connectivity index (χ0v) is 7.08. The number of aromatic nitrogens is 2. The molecule has 1 rings (SSSR count). The summed E-state index contributed by atoms with van der Waals surface area (Å²) in [6.07, 6.45) is 0.0670. The van der Waals surface area contributed by atoms with Crippen LogP contribution < -0.4 is 5.73 Å². The summed E-state index contributed by atoms with van der Waals surface area (Å²) < 4.78 is 3.64. The number of nitrogens with zero attached hydrogens (tertiary/aromatic N) is 2. The van der Waals surface area contributed by atoms with Gasteiger partial charge in [-0.15, -0.1) is 5.10 Å². The van der Waals surface area contributed by atoms with Gasteiger partial charge in [0, 0.05) is 11.4 Å². The maximum Gasteiger partial charge on any atom is 0.114 e. The van der Waals surface area contributed by atoms with Crippen molar-refractivity contribution in [3.63, 3.8) is 0 Å². The van der Waals surface area contributed by atoms with E-state index in [4.69, 9.17) is 5.73 Å². The Bertz CT molecular complexity index is 202. The fourth-order valence-electron chi connectivity index (χ4n) is 0.743. The molecule has 0 saturated carbocycles. The molecule has 0 amide bonds. The lowest BCUT2D eigenvalue weighted by atomic mass is 10.1. The second-order valence-corrected chi connectivity index (χ2v) is 2.96. The van der Waals surface area contributed by atoms with E-state index in [1.54, 1.807) is 5.38 Å². The van der Waals surface area contributed by atoms with Crippen LogP contribution in [0.3, 0.4) is 0 Å². The molecule has 11 heavy (non-hydrogen) atoms. The Hall–Kier alpha value is -0.520. The van der Waals surface area contributed by atoms with Crippen molar-refractivity contribution in [1.29, 1.82) is 0 Å². The quantitative estimate of drug-likeness (QED) is 0.690. The lowest BCUT2D eigenvalue weighted by Gasteiger charge is -2.13. The molecule has 0 aliphatic carbocycles. The first-order valence-corrected chi connectivity index (χ1v) is 4.30. The van der Waals surface area contributed by atoms with Crippen LogP contribution in [0.2, 0.25) is 0 Å². The van der Waals surface area contributed by atoms with E-state index >= 15 is 0 Å². The molecule has 0 spiro atoms. The van der Waals surface area contributed by atoms with Crippen LogP contribution in [0.25, 0.3) is 0 Å². The number of hydrogen-bond acceptors (Lipinski definition) is 5. The molecule has 0 bridgehead atoms. The maximum absolute atomic E-state index is 9.46. The third-order valence-corrected chi connectivity index (χ3v) is 2.08. The van der Waals surface area contributed by atoms with Gasteiger partial charge in [-0.2, -0.15) is 0 Å². The molecule has 62 valence electrons. The molecule has 5 heteroatoms. The summed E-state index contributed by atoms with van der Waals surface area (Å²) in [5.74, 6) is 0. The van der Waals surface area contributed by atoms with Crippen LogP contribution in [0.5, 0.6) is 0 Å². The molecule has 4 nitrogen and oxygen atoms in total. The summed E-state index contributed by atoms with van der Waals surface area (Å²) in [5, 5.41) is 14.9. The topological polar surface area (TPSA) is 72.0 Å². The second-order valence-electron chi connectivity index (χ2n) is 2.35. The van der Waals surface area contributed by atoms with Gasteiger partial charge in [0.15, 0.2) is 0 Å². The normalized spacial score (nSPS) is 16.3. The Kier molecular flexibility index (Phi) is 2.92. The number of nitrogens with two attached hydrogens (primary N) is 1. The number of rotatable bonds is 3. The lowest BCUT2D eigenvalue weighted by Crippen LogP contribution is -2.27. The molecule has 0 radical (unpaired) electrons. The van der Waals surface area contributed by atoms with Crippen molar-refractivity contribution in [2.24, 2.45) is 5.73 Å². The van der Waals surface area contributed by atoms with E-state index in [0.717, 1.165) is 6.42 Å². The lowest BCUT2D eigenvalue weighted by molar-refractivity contribution is 0.140. The highest BCUT2D eigenvalue weighted by molar-refractivity contribution is 7.03. The Morgan fingerprint density at radius 3 is 3.00 bits per heavy atom. The fourth-order valence-corrected chi connectivity index (χ4v) is 1.23. The van der Waals surface area contributed by atoms with E-state index in [-0.39, 0.29) is 6.04 Å². The van der Waals surface area contributed by atoms with Gasteiger partial charge in [0.25, 0.3) is 0 Å². The first kappa shape index (κ1) is 8.58. The zero-order valence-electron chi connectivity index (χ0n) is 6.27. The zero-order chi connectivity index (χ0) is 8.27. The van der Waals surface area contributed by atoms with Gasteiger partial charge in [-0.05, 0) is 18.0 Å². The first-order valence-electron chi connectivity index (χ1n) is 3.46. The predicted octanol–water partition coefficient (Wildman–Crippen LogP) is 0.309. The first-order chi connectivity index (χ1) is 5.25. The molecular formula is C6H11N3OS. The van der Waals surface area contributed by atoms with Crippen LogP contribution in [0, 0.1) is 0 Å². The molecule has 2 unspecified atom stereocenters. The van der Waals surface area contributed by atoms with Crippen molar-refractivity contribution in [3.8, 4) is 0 Å². The molecule has 0 aliphatic rings. The van der Waals surface area contributed by atoms with Gasteiger partial charge in [-0.1, -0.05) is 11.4 Å². The standard InChI is InChI=1S/C6H11N3OS/c1-2-4(7)6(10)5-3-11-9-8-5/h3-4,6,10H,2,7H2,1H3. The van der Waals surface area contributed by atoms with Gasteiger partial charge >= 0.3 is 0 Å². The largest absolute Gasteiger partial charge is 0.385 e. The highest BCUT2D eigenvalue weighted by Crippen LogP contribution is 2.15. The molecule has 3 N–H and O–H groups in total. The number of aliphatic hydroxyl groups is 1. The number of aliphatic hydroxyl groups excluding tert-OH is 1. The van der Waals surface area contributed by atoms with E-state index in [0.29, 0.717) is 5.69 Å². The van der Waals surface area contributed by atoms with Gasteiger partial charge in [0.2, 0.25) is 0 Å². The van der Waals surface area contributed by atoms with Crippen molar-refractivity contribution >= 4 is 11.5 Å². The van der Waals surface area contributed by atoms with Crippen molar-refractivity contribution < 1.29 is 5.11 Å². The van der Waals surface area contributed by atoms with Crippen LogP contribution in [0.1, 0.15) is 25.1 Å². The summed E-state index contributed by atoms with van der Waals surface area (Å²) in [6.45, 7) is 1.92. The predicted molar refractivity (Wildman–Crippen MR) is 43.1 cm³/mol. The SMILES string of the molecule is CCC(N)C(O)c1csnn1. The van der Waals surface area contributed by atoms with E-state index in [2.05, 4.69) is 9.59 Å². The summed E-state index contributed by atoms with van der Waals surface area (Å²) >= 11 is 1.22. The van der Waals surface area contributed by atoms with Gasteiger partial charge in [-0.25, -0.2) is 0 Å². The van der Waals surface area contributed by atoms with Gasteiger partial charge in [0.1, 0.15) is 11.8 Å². The maximum atomic E-state index is 9.46. The molecule has 1 aromatic heterocycles. The molecule has 2 atom stereocenters. The molecule has 0 aromatic carbocycles. The van der Waals surface area contributed by atoms with Gasteiger partial charge in [-0.3, -0.25) is 0 Å². The Morgan fingerprint density at radius 2 is 2.55 bits per heavy atom. The molecular weight excluding hydrogens is 162 g/mol. The van der Waals surface area contributed by atoms with Crippen LogP contribution in [0.15, 0.2) is 5.38 Å². The molecule has 0 saturated heterocycles. The summed E-state index contributed by atoms with van der Waals surface area (Å²) in [7, 11) is 0. The van der Waals surface area contributed by atoms with Crippen LogP contribution in [-0.2, 0) is 0 Å². The minimum Gasteiger partial charge on any atom is -0.385 e. The van der Waals surface area contributed by atoms with E-state index in [1.807, 2.05) is 6.92 Å². The fraction of sp³-hybridized carbons (Fsp3) is 0.667. The Labute approximate surface area is 69.2 Å². The van der Waals surface area contributed by atoms with Crippen molar-refractivity contribution in [3.05, 3.63) is 11.1 Å². The number of hydrogen-bond donors (Lipinski definition) is 2. The summed E-state index contributed by atoms with van der Waals surface area (Å²) in [6, 6.07) is -0.237. The Balaban J connectivity index is 2.62. The van der Waals surface area contributed by atoms with E-state index in [9.17, 15) is 5.11 Å². The highest BCUT2D eigenvalue weighted by Gasteiger charge is 2.16. The highest BCUT2D eigenvalue weighted by atomic mass is 32.1. The molecule has 1 aromatic rings. The van der Waals surface area contributed by atoms with E-state index in [1.165, 1.54) is 11.5 Å². The van der Waals surface area contributed by atoms with Crippen molar-refractivity contribution in [1.82, 2.24) is 9.59 Å². The minimum atomic E-state index is -0.668. The Morgan fingerprint density at radius 1 is 1.82 bits per heavy atom. The smallest absolute Gasteiger partial charge is 0.114 e. The van der Waals surface area contributed by atoms with Crippen LogP contribution in [0.4, 0.5) is 0 Å². The van der Waals surface area contributed by atoms with Gasteiger partial charge < -0.3 is 10.8 Å². The second kappa shape index (κ2) is 3.75. The van der Waals surface area contributed by atoms with Gasteiger partial charge in [0.05, 0.1) is 0 Å². The summed E-state index contributed by atoms with van der Waals surface area (Å²) in [5.41, 5.74) is 6.17. The molecule has 0 aliphatic heterocycles.